The second-order valence-electron chi connectivity index (χ2n) is 6.53. The molecule has 0 fully saturated rings. The fourth-order valence-corrected chi connectivity index (χ4v) is 3.70. The molecule has 1 amide bonds. The smallest absolute Gasteiger partial charge is 0.223 e. The molecule has 0 N–H and O–H groups in total. The van der Waals surface area contributed by atoms with Gasteiger partial charge in [-0.05, 0) is 49.8 Å². The van der Waals surface area contributed by atoms with Gasteiger partial charge in [0.15, 0.2) is 0 Å². The van der Waals surface area contributed by atoms with Crippen LogP contribution in [0.5, 0.6) is 0 Å². The molecule has 0 radical (unpaired) electrons. The Kier molecular flexibility index (Phi) is 4.24. The van der Waals surface area contributed by atoms with Crippen LogP contribution in [0.25, 0.3) is 0 Å². The third kappa shape index (κ3) is 2.90. The molecule has 0 bridgehead atoms. The number of rotatable bonds is 4. The highest BCUT2D eigenvalue weighted by molar-refractivity contribution is 5.77. The lowest BCUT2D eigenvalue weighted by Gasteiger charge is -2.25. The van der Waals surface area contributed by atoms with Crippen molar-refractivity contribution < 1.29 is 4.79 Å². The monoisotopic (exact) mass is 311 g/mol. The zero-order valence-electron chi connectivity index (χ0n) is 14.5. The van der Waals surface area contributed by atoms with Gasteiger partial charge in [-0.15, -0.1) is 0 Å². The van der Waals surface area contributed by atoms with Gasteiger partial charge in [-0.3, -0.25) is 9.48 Å². The highest BCUT2D eigenvalue weighted by Gasteiger charge is 2.28. The molecule has 23 heavy (non-hydrogen) atoms. The summed E-state index contributed by atoms with van der Waals surface area (Å²) in [5.41, 5.74) is 6.10. The number of carbonyl (C=O) groups is 1. The van der Waals surface area contributed by atoms with Crippen LogP contribution >= 0.6 is 0 Å². The van der Waals surface area contributed by atoms with Crippen LogP contribution < -0.4 is 0 Å². The molecule has 0 aliphatic heterocycles. The first-order valence-electron chi connectivity index (χ1n) is 8.31. The van der Waals surface area contributed by atoms with Gasteiger partial charge in [-0.2, -0.15) is 5.10 Å². The van der Waals surface area contributed by atoms with Crippen LogP contribution in [0.3, 0.4) is 0 Å². The highest BCUT2D eigenvalue weighted by Crippen LogP contribution is 2.35. The Bertz CT molecular complexity index is 732. The number of carbonyl (C=O) groups excluding carboxylic acids is 1. The van der Waals surface area contributed by atoms with Crippen molar-refractivity contribution in [3.05, 3.63) is 52.3 Å². The maximum Gasteiger partial charge on any atom is 0.223 e. The highest BCUT2D eigenvalue weighted by atomic mass is 16.2. The maximum atomic E-state index is 12.6. The van der Waals surface area contributed by atoms with Crippen LogP contribution in [0.1, 0.15) is 47.0 Å². The average molecular weight is 311 g/mol. The molecule has 4 nitrogen and oxygen atoms in total. The summed E-state index contributed by atoms with van der Waals surface area (Å²) in [5, 5.41) is 4.43. The molecule has 1 aliphatic rings. The second kappa shape index (κ2) is 6.19. The summed E-state index contributed by atoms with van der Waals surface area (Å²) >= 11 is 0. The quantitative estimate of drug-likeness (QED) is 0.870. The molecule has 1 atom stereocenters. The van der Waals surface area contributed by atoms with Gasteiger partial charge in [0.25, 0.3) is 0 Å². The van der Waals surface area contributed by atoms with Gasteiger partial charge in [0.2, 0.25) is 5.91 Å². The fourth-order valence-electron chi connectivity index (χ4n) is 3.70. The molecule has 0 saturated carbocycles. The van der Waals surface area contributed by atoms with Gasteiger partial charge in [-0.1, -0.05) is 24.3 Å². The normalized spacial score (nSPS) is 16.4. The van der Waals surface area contributed by atoms with Crippen LogP contribution in [0, 0.1) is 13.8 Å². The van der Waals surface area contributed by atoms with Crippen molar-refractivity contribution in [2.75, 3.05) is 7.05 Å². The third-order valence-corrected chi connectivity index (χ3v) is 5.21. The number of benzene rings is 1. The number of aryl methyl sites for hydroxylation is 3. The number of hydrogen-bond donors (Lipinski definition) is 0. The van der Waals surface area contributed by atoms with Crippen molar-refractivity contribution >= 4 is 5.91 Å². The molecule has 1 unspecified atom stereocenters. The summed E-state index contributed by atoms with van der Waals surface area (Å²) in [6.45, 7) is 4.08. The van der Waals surface area contributed by atoms with E-state index in [2.05, 4.69) is 36.3 Å². The first kappa shape index (κ1) is 15.8. The molecular formula is C19H25N3O. The Morgan fingerprint density at radius 2 is 2.09 bits per heavy atom. The van der Waals surface area contributed by atoms with E-state index >= 15 is 0 Å². The molecule has 0 saturated heterocycles. The lowest BCUT2D eigenvalue weighted by atomic mass is 10.0. The van der Waals surface area contributed by atoms with E-state index in [0.717, 1.165) is 30.7 Å². The number of hydrogen-bond acceptors (Lipinski definition) is 2. The molecule has 0 spiro atoms. The third-order valence-electron chi connectivity index (χ3n) is 5.21. The lowest BCUT2D eigenvalue weighted by Crippen LogP contribution is -2.30. The Labute approximate surface area is 138 Å². The van der Waals surface area contributed by atoms with Crippen molar-refractivity contribution in [3.8, 4) is 0 Å². The summed E-state index contributed by atoms with van der Waals surface area (Å²) in [4.78, 5) is 14.6. The average Bonchev–Trinajstić information content (AvgIpc) is 3.07. The first-order valence-corrected chi connectivity index (χ1v) is 8.31. The van der Waals surface area contributed by atoms with Gasteiger partial charge in [-0.25, -0.2) is 0 Å². The molecule has 1 aromatic heterocycles. The maximum absolute atomic E-state index is 12.6. The molecule has 3 rings (SSSR count). The van der Waals surface area contributed by atoms with E-state index in [1.807, 2.05) is 30.6 Å². The summed E-state index contributed by atoms with van der Waals surface area (Å²) in [7, 11) is 3.90. The predicted molar refractivity (Wildman–Crippen MR) is 91.3 cm³/mol. The van der Waals surface area contributed by atoms with Crippen molar-refractivity contribution in [3.63, 3.8) is 0 Å². The van der Waals surface area contributed by atoms with E-state index < -0.39 is 0 Å². The Hall–Kier alpha value is -2.10. The molecule has 122 valence electrons. The van der Waals surface area contributed by atoms with Gasteiger partial charge < -0.3 is 4.90 Å². The molecule has 1 aromatic carbocycles. The molecule has 2 aromatic rings. The minimum Gasteiger partial charge on any atom is -0.339 e. The summed E-state index contributed by atoms with van der Waals surface area (Å²) in [6, 6.07) is 8.71. The topological polar surface area (TPSA) is 38.1 Å². The Morgan fingerprint density at radius 3 is 2.78 bits per heavy atom. The largest absolute Gasteiger partial charge is 0.339 e. The zero-order valence-corrected chi connectivity index (χ0v) is 14.5. The van der Waals surface area contributed by atoms with Crippen LogP contribution in [0.15, 0.2) is 24.3 Å². The van der Waals surface area contributed by atoms with Crippen molar-refractivity contribution in [1.29, 1.82) is 0 Å². The molecular weight excluding hydrogens is 286 g/mol. The minimum atomic E-state index is 0.217. The zero-order chi connectivity index (χ0) is 16.6. The van der Waals surface area contributed by atoms with Crippen LogP contribution in [-0.4, -0.2) is 27.6 Å². The van der Waals surface area contributed by atoms with Gasteiger partial charge in [0, 0.05) is 26.2 Å². The second-order valence-corrected chi connectivity index (χ2v) is 6.53. The van der Waals surface area contributed by atoms with Crippen molar-refractivity contribution in [2.45, 2.75) is 45.6 Å². The summed E-state index contributed by atoms with van der Waals surface area (Å²) in [5.74, 6) is 0.217. The van der Waals surface area contributed by atoms with Crippen molar-refractivity contribution in [2.24, 2.45) is 7.05 Å². The first-order chi connectivity index (χ1) is 11.0. The van der Waals surface area contributed by atoms with Gasteiger partial charge in [0.1, 0.15) is 0 Å². The molecule has 1 aliphatic carbocycles. The van der Waals surface area contributed by atoms with E-state index in [9.17, 15) is 4.79 Å². The van der Waals surface area contributed by atoms with Crippen molar-refractivity contribution in [1.82, 2.24) is 14.7 Å². The number of fused-ring (bicyclic) bond motifs is 1. The van der Waals surface area contributed by atoms with Crippen LogP contribution in [0.4, 0.5) is 0 Å². The lowest BCUT2D eigenvalue weighted by molar-refractivity contribution is -0.132. The van der Waals surface area contributed by atoms with Crippen LogP contribution in [-0.2, 0) is 24.7 Å². The molecule has 1 heterocycles. The molecule has 4 heteroatoms. The Morgan fingerprint density at radius 1 is 1.35 bits per heavy atom. The standard InChI is InChI=1S/C19H25N3O/c1-13-16(14(2)22(4)20-13)10-12-19(23)21(3)18-11-9-15-7-5-6-8-17(15)18/h5-8,18H,9-12H2,1-4H3. The SMILES string of the molecule is Cc1nn(C)c(C)c1CCC(=O)N(C)C1CCc2ccccc21. The predicted octanol–water partition coefficient (Wildman–Crippen LogP) is 3.12. The fraction of sp³-hybridized carbons (Fsp3) is 0.474. The summed E-state index contributed by atoms with van der Waals surface area (Å²) < 4.78 is 1.89. The van der Waals surface area contributed by atoms with E-state index in [-0.39, 0.29) is 11.9 Å². The van der Waals surface area contributed by atoms with E-state index in [1.165, 1.54) is 16.7 Å². The van der Waals surface area contributed by atoms with Crippen LogP contribution in [0.2, 0.25) is 0 Å². The number of aromatic nitrogens is 2. The van der Waals surface area contributed by atoms with E-state index in [4.69, 9.17) is 0 Å². The minimum absolute atomic E-state index is 0.217. The van der Waals surface area contributed by atoms with Gasteiger partial charge >= 0.3 is 0 Å². The number of amides is 1. The van der Waals surface area contributed by atoms with Gasteiger partial charge in [0.05, 0.1) is 11.7 Å². The van der Waals surface area contributed by atoms with E-state index in [0.29, 0.717) is 6.42 Å². The summed E-state index contributed by atoms with van der Waals surface area (Å²) in [6.07, 6.45) is 3.41. The van der Waals surface area contributed by atoms with E-state index in [1.54, 1.807) is 0 Å². The Balaban J connectivity index is 1.67. The number of nitrogens with zero attached hydrogens (tertiary/aromatic N) is 3.